The zero-order valence-electron chi connectivity index (χ0n) is 9.79. The monoisotopic (exact) mass is 199 g/mol. The van der Waals surface area contributed by atoms with Crippen LogP contribution in [0.15, 0.2) is 0 Å². The molecule has 2 nitrogen and oxygen atoms in total. The van der Waals surface area contributed by atoms with E-state index in [2.05, 4.69) is 26.1 Å². The van der Waals surface area contributed by atoms with Crippen molar-refractivity contribution in [3.8, 4) is 0 Å². The molecular formula is C12H25NO. The van der Waals surface area contributed by atoms with E-state index >= 15 is 0 Å². The maximum atomic E-state index is 9.24. The highest BCUT2D eigenvalue weighted by Crippen LogP contribution is 2.25. The molecule has 2 heteroatoms. The smallest absolute Gasteiger partial charge is 0.0584 e. The molecule has 0 aromatic heterocycles. The second-order valence-electron chi connectivity index (χ2n) is 5.29. The van der Waals surface area contributed by atoms with Gasteiger partial charge in [-0.15, -0.1) is 0 Å². The van der Waals surface area contributed by atoms with Gasteiger partial charge in [0.2, 0.25) is 0 Å². The van der Waals surface area contributed by atoms with Crippen molar-refractivity contribution in [2.75, 3.05) is 6.61 Å². The van der Waals surface area contributed by atoms with E-state index in [4.69, 9.17) is 0 Å². The Bertz CT molecular complexity index is 158. The van der Waals surface area contributed by atoms with Crippen LogP contribution in [0.5, 0.6) is 0 Å². The third-order valence-corrected chi connectivity index (χ3v) is 3.14. The Morgan fingerprint density at radius 3 is 2.50 bits per heavy atom. The Morgan fingerprint density at radius 1 is 1.36 bits per heavy atom. The lowest BCUT2D eigenvalue weighted by molar-refractivity contribution is 0.212. The van der Waals surface area contributed by atoms with Crippen LogP contribution in [-0.4, -0.2) is 23.8 Å². The van der Waals surface area contributed by atoms with Gasteiger partial charge < -0.3 is 10.4 Å². The van der Waals surface area contributed by atoms with Crippen LogP contribution in [0.25, 0.3) is 0 Å². The Hall–Kier alpha value is -0.0800. The van der Waals surface area contributed by atoms with E-state index in [0.717, 1.165) is 12.3 Å². The lowest BCUT2D eigenvalue weighted by Gasteiger charge is -2.22. The predicted molar refractivity (Wildman–Crippen MR) is 60.3 cm³/mol. The first-order valence-electron chi connectivity index (χ1n) is 5.98. The van der Waals surface area contributed by atoms with Crippen molar-refractivity contribution in [3.63, 3.8) is 0 Å². The second kappa shape index (κ2) is 5.72. The van der Waals surface area contributed by atoms with Gasteiger partial charge >= 0.3 is 0 Å². The molecule has 1 aliphatic rings. The Balaban J connectivity index is 2.26. The van der Waals surface area contributed by atoms with Crippen molar-refractivity contribution in [1.29, 1.82) is 0 Å². The Kier molecular flexibility index (Phi) is 4.90. The Morgan fingerprint density at radius 2 is 2.07 bits per heavy atom. The fraction of sp³-hybridized carbons (Fsp3) is 1.00. The van der Waals surface area contributed by atoms with Crippen molar-refractivity contribution in [3.05, 3.63) is 0 Å². The van der Waals surface area contributed by atoms with Crippen molar-refractivity contribution < 1.29 is 5.11 Å². The molecule has 1 fully saturated rings. The molecule has 1 rings (SSSR count). The minimum atomic E-state index is 0.281. The Labute approximate surface area is 88.1 Å². The molecule has 1 saturated carbocycles. The highest BCUT2D eigenvalue weighted by atomic mass is 16.3. The molecule has 14 heavy (non-hydrogen) atoms. The van der Waals surface area contributed by atoms with E-state index < -0.39 is 0 Å². The first-order valence-corrected chi connectivity index (χ1v) is 5.98. The molecule has 3 atom stereocenters. The molecule has 84 valence electrons. The van der Waals surface area contributed by atoms with Crippen LogP contribution in [0.3, 0.4) is 0 Å². The van der Waals surface area contributed by atoms with Crippen LogP contribution >= 0.6 is 0 Å². The summed E-state index contributed by atoms with van der Waals surface area (Å²) in [6.07, 6.45) is 5.00. The van der Waals surface area contributed by atoms with E-state index in [1.165, 1.54) is 19.3 Å². The van der Waals surface area contributed by atoms with Crippen molar-refractivity contribution in [2.45, 2.75) is 58.5 Å². The number of nitrogens with one attached hydrogen (secondary N) is 1. The van der Waals surface area contributed by atoms with E-state index in [1.54, 1.807) is 0 Å². The van der Waals surface area contributed by atoms with E-state index in [1.807, 2.05) is 0 Å². The average Bonchev–Trinajstić information content (AvgIpc) is 2.49. The zero-order chi connectivity index (χ0) is 10.6. The lowest BCUT2D eigenvalue weighted by Crippen LogP contribution is -2.40. The molecule has 0 amide bonds. The predicted octanol–water partition coefficient (Wildman–Crippen LogP) is 2.17. The molecule has 2 N–H and O–H groups in total. The van der Waals surface area contributed by atoms with Gasteiger partial charge in [-0.3, -0.25) is 0 Å². The van der Waals surface area contributed by atoms with Crippen LogP contribution in [0.4, 0.5) is 0 Å². The van der Waals surface area contributed by atoms with Gasteiger partial charge in [0.15, 0.2) is 0 Å². The van der Waals surface area contributed by atoms with Gasteiger partial charge in [0.25, 0.3) is 0 Å². The van der Waals surface area contributed by atoms with Gasteiger partial charge in [-0.2, -0.15) is 0 Å². The number of rotatable bonds is 5. The summed E-state index contributed by atoms with van der Waals surface area (Å²) in [6, 6.07) is 0.964. The normalized spacial score (nSPS) is 29.8. The van der Waals surface area contributed by atoms with E-state index in [-0.39, 0.29) is 6.61 Å². The molecule has 0 unspecified atom stereocenters. The number of hydrogen-bond donors (Lipinski definition) is 2. The maximum absolute atomic E-state index is 9.24. The SMILES string of the molecule is CC(C)C[C@@H](CO)N[C@H]1CC[C@H](C)C1. The van der Waals surface area contributed by atoms with Crippen LogP contribution in [0.2, 0.25) is 0 Å². The highest BCUT2D eigenvalue weighted by Gasteiger charge is 2.23. The molecule has 1 aliphatic carbocycles. The van der Waals surface area contributed by atoms with Gasteiger partial charge in [-0.1, -0.05) is 20.8 Å². The van der Waals surface area contributed by atoms with Crippen molar-refractivity contribution in [2.24, 2.45) is 11.8 Å². The number of aliphatic hydroxyl groups excluding tert-OH is 1. The third-order valence-electron chi connectivity index (χ3n) is 3.14. The molecular weight excluding hydrogens is 174 g/mol. The summed E-state index contributed by atoms with van der Waals surface area (Å²) in [7, 11) is 0. The largest absolute Gasteiger partial charge is 0.395 e. The van der Waals surface area contributed by atoms with E-state index in [9.17, 15) is 5.11 Å². The van der Waals surface area contributed by atoms with Crippen molar-refractivity contribution in [1.82, 2.24) is 5.32 Å². The van der Waals surface area contributed by atoms with Crippen LogP contribution in [-0.2, 0) is 0 Å². The first kappa shape index (κ1) is 12.0. The minimum Gasteiger partial charge on any atom is -0.395 e. The summed E-state index contributed by atoms with van der Waals surface area (Å²) < 4.78 is 0. The zero-order valence-corrected chi connectivity index (χ0v) is 9.79. The standard InChI is InChI=1S/C12H25NO/c1-9(2)6-12(8-14)13-11-5-4-10(3)7-11/h9-14H,4-8H2,1-3H3/t10-,11-,12-/m0/s1. The topological polar surface area (TPSA) is 32.3 Å². The van der Waals surface area contributed by atoms with Gasteiger partial charge in [0.1, 0.15) is 0 Å². The van der Waals surface area contributed by atoms with E-state index in [0.29, 0.717) is 18.0 Å². The third kappa shape index (κ3) is 3.97. The average molecular weight is 199 g/mol. The molecule has 0 aromatic carbocycles. The summed E-state index contributed by atoms with van der Waals surface area (Å²) >= 11 is 0. The fourth-order valence-corrected chi connectivity index (χ4v) is 2.46. The van der Waals surface area contributed by atoms with Gasteiger partial charge in [0.05, 0.1) is 6.61 Å². The molecule has 0 spiro atoms. The van der Waals surface area contributed by atoms with Gasteiger partial charge in [-0.25, -0.2) is 0 Å². The molecule has 0 aliphatic heterocycles. The molecule has 0 saturated heterocycles. The van der Waals surface area contributed by atoms with Crippen LogP contribution in [0, 0.1) is 11.8 Å². The lowest BCUT2D eigenvalue weighted by atomic mass is 10.0. The number of hydrogen-bond acceptors (Lipinski definition) is 2. The minimum absolute atomic E-state index is 0.281. The summed E-state index contributed by atoms with van der Waals surface area (Å²) in [5, 5.41) is 12.8. The first-order chi connectivity index (χ1) is 6.61. The maximum Gasteiger partial charge on any atom is 0.0584 e. The quantitative estimate of drug-likeness (QED) is 0.711. The molecule has 0 heterocycles. The van der Waals surface area contributed by atoms with Crippen LogP contribution < -0.4 is 5.32 Å². The summed E-state index contributed by atoms with van der Waals surface area (Å²) in [6.45, 7) is 7.02. The van der Waals surface area contributed by atoms with Crippen LogP contribution in [0.1, 0.15) is 46.5 Å². The molecule has 0 aromatic rings. The summed E-state index contributed by atoms with van der Waals surface area (Å²) in [4.78, 5) is 0. The summed E-state index contributed by atoms with van der Waals surface area (Å²) in [5.74, 6) is 1.53. The molecule has 0 bridgehead atoms. The highest BCUT2D eigenvalue weighted by molar-refractivity contribution is 4.81. The molecule has 0 radical (unpaired) electrons. The number of aliphatic hydroxyl groups is 1. The summed E-state index contributed by atoms with van der Waals surface area (Å²) in [5.41, 5.74) is 0. The van der Waals surface area contributed by atoms with Gasteiger partial charge in [-0.05, 0) is 37.5 Å². The second-order valence-corrected chi connectivity index (χ2v) is 5.29. The van der Waals surface area contributed by atoms with Crippen molar-refractivity contribution >= 4 is 0 Å². The fourth-order valence-electron chi connectivity index (χ4n) is 2.46. The van der Waals surface area contributed by atoms with Gasteiger partial charge in [0, 0.05) is 12.1 Å².